The maximum atomic E-state index is 12.3. The first-order valence-electron chi connectivity index (χ1n) is 15.2. The summed E-state index contributed by atoms with van der Waals surface area (Å²) in [6, 6.07) is 29.3. The van der Waals surface area contributed by atoms with E-state index in [9.17, 15) is 5.11 Å². The number of hydrogen-bond acceptors (Lipinski definition) is 3. The van der Waals surface area contributed by atoms with Gasteiger partial charge in [-0.2, -0.15) is 4.80 Å². The lowest BCUT2D eigenvalue weighted by atomic mass is 9.45. The summed E-state index contributed by atoms with van der Waals surface area (Å²) in [5, 5.41) is 22.1. The number of benzene rings is 3. The van der Waals surface area contributed by atoms with Crippen molar-refractivity contribution in [2.75, 3.05) is 0 Å². The Morgan fingerprint density at radius 2 is 1.17 bits per heavy atom. The molecule has 1 atom stereocenters. The van der Waals surface area contributed by atoms with Gasteiger partial charge in [0.2, 0.25) is 0 Å². The quantitative estimate of drug-likeness (QED) is 0.244. The minimum absolute atomic E-state index is 0.0915. The summed E-state index contributed by atoms with van der Waals surface area (Å²) in [5.74, 6) is 0.273. The molecule has 0 saturated heterocycles. The summed E-state index contributed by atoms with van der Waals surface area (Å²) >= 11 is 0. The van der Waals surface area contributed by atoms with Crippen molar-refractivity contribution in [3.8, 4) is 0 Å². The number of fused-ring (bicyclic) bond motifs is 1. The molecule has 0 aliphatic heterocycles. The van der Waals surface area contributed by atoms with E-state index >= 15 is 0 Å². The fraction of sp³-hybridized carbons (Fsp3) is 0.421. The third kappa shape index (κ3) is 4.99. The minimum Gasteiger partial charge on any atom is -0.506 e. The first-order valence-corrected chi connectivity index (χ1v) is 15.2. The van der Waals surface area contributed by atoms with E-state index in [2.05, 4.69) is 123 Å². The SMILES string of the molecule is CC(C)(C)CC(C)(C)C1(C(C)(C)c2ccccc2)C=C(C(C)(C)c2ccccc2)C(O)=C(n2nc3ccccc3n2)C1. The van der Waals surface area contributed by atoms with Crippen molar-refractivity contribution in [3.05, 3.63) is 113 Å². The van der Waals surface area contributed by atoms with E-state index in [0.717, 1.165) is 34.3 Å². The number of aliphatic hydroxyl groups excluding tert-OH is 1. The molecule has 3 aromatic carbocycles. The Labute approximate surface area is 252 Å². The topological polar surface area (TPSA) is 50.9 Å². The number of aliphatic hydroxyl groups is 1. The lowest BCUT2D eigenvalue weighted by Crippen LogP contribution is -2.53. The molecule has 0 radical (unpaired) electrons. The van der Waals surface area contributed by atoms with Crippen molar-refractivity contribution in [1.29, 1.82) is 0 Å². The third-order valence-electron chi connectivity index (χ3n) is 9.85. The van der Waals surface area contributed by atoms with Gasteiger partial charge in [0.25, 0.3) is 0 Å². The average molecular weight is 562 g/mol. The van der Waals surface area contributed by atoms with Crippen molar-refractivity contribution in [2.24, 2.45) is 16.2 Å². The molecule has 0 amide bonds. The smallest absolute Gasteiger partial charge is 0.142 e. The summed E-state index contributed by atoms with van der Waals surface area (Å²) < 4.78 is 0. The molecule has 42 heavy (non-hydrogen) atoms. The number of aromatic nitrogens is 3. The lowest BCUT2D eigenvalue weighted by Gasteiger charge is -2.59. The van der Waals surface area contributed by atoms with E-state index < -0.39 is 10.8 Å². The standard InChI is InChI=1S/C38H47N3O/c1-34(2,3)26-35(4,5)38(37(8,9)28-20-14-11-15-21-28)24-29(36(6,7)27-18-12-10-13-19-27)33(42)32(25-38)41-39-30-22-16-17-23-31(30)40-41/h10-24,42H,25-26H2,1-9H3. The van der Waals surface area contributed by atoms with Gasteiger partial charge in [-0.25, -0.2) is 0 Å². The number of nitrogens with zero attached hydrogens (tertiary/aromatic N) is 3. The Morgan fingerprint density at radius 1 is 0.690 bits per heavy atom. The minimum atomic E-state index is -0.473. The van der Waals surface area contributed by atoms with Gasteiger partial charge in [0.05, 0.1) is 0 Å². The van der Waals surface area contributed by atoms with E-state index in [1.54, 1.807) is 4.80 Å². The summed E-state index contributed by atoms with van der Waals surface area (Å²) in [7, 11) is 0. The highest BCUT2D eigenvalue weighted by molar-refractivity contribution is 5.75. The summed E-state index contributed by atoms with van der Waals surface area (Å²) in [5.41, 5.74) is 4.46. The van der Waals surface area contributed by atoms with E-state index in [4.69, 9.17) is 10.2 Å². The van der Waals surface area contributed by atoms with Crippen molar-refractivity contribution in [2.45, 2.75) is 86.0 Å². The van der Waals surface area contributed by atoms with E-state index in [1.807, 2.05) is 30.3 Å². The highest BCUT2D eigenvalue weighted by Crippen LogP contribution is 2.64. The van der Waals surface area contributed by atoms with E-state index in [1.165, 1.54) is 5.56 Å². The molecular weight excluding hydrogens is 514 g/mol. The van der Waals surface area contributed by atoms with Crippen LogP contribution in [0.15, 0.2) is 102 Å². The van der Waals surface area contributed by atoms with E-state index in [-0.39, 0.29) is 22.0 Å². The second-order valence-corrected chi connectivity index (χ2v) is 15.1. The molecule has 1 aromatic heterocycles. The fourth-order valence-electron chi connectivity index (χ4n) is 7.78. The summed E-state index contributed by atoms with van der Waals surface area (Å²) in [6.07, 6.45) is 4.04. The Morgan fingerprint density at radius 3 is 1.67 bits per heavy atom. The van der Waals surface area contributed by atoms with Gasteiger partial charge in [0.15, 0.2) is 0 Å². The van der Waals surface area contributed by atoms with Gasteiger partial charge in [-0.05, 0) is 45.9 Å². The fourth-order valence-corrected chi connectivity index (χ4v) is 7.78. The Kier molecular flexibility index (Phi) is 7.28. The van der Waals surface area contributed by atoms with Gasteiger partial charge in [0, 0.05) is 22.8 Å². The van der Waals surface area contributed by atoms with Crippen LogP contribution in [0.1, 0.15) is 86.3 Å². The van der Waals surface area contributed by atoms with Crippen LogP contribution in [-0.2, 0) is 10.8 Å². The van der Waals surface area contributed by atoms with Crippen molar-refractivity contribution < 1.29 is 5.11 Å². The predicted octanol–water partition coefficient (Wildman–Crippen LogP) is 9.89. The molecular formula is C38H47N3O. The molecule has 4 heteroatoms. The predicted molar refractivity (Wildman–Crippen MR) is 175 cm³/mol. The molecule has 4 nitrogen and oxygen atoms in total. The van der Waals surface area contributed by atoms with Crippen molar-refractivity contribution in [1.82, 2.24) is 15.0 Å². The highest BCUT2D eigenvalue weighted by Gasteiger charge is 2.58. The van der Waals surface area contributed by atoms with Crippen LogP contribution in [0.5, 0.6) is 0 Å². The zero-order chi connectivity index (χ0) is 30.6. The average Bonchev–Trinajstić information content (AvgIpc) is 3.37. The second kappa shape index (κ2) is 10.3. The molecule has 0 bridgehead atoms. The molecule has 0 saturated carbocycles. The zero-order valence-electron chi connectivity index (χ0n) is 26.9. The van der Waals surface area contributed by atoms with Crippen molar-refractivity contribution >= 4 is 16.7 Å². The summed E-state index contributed by atoms with van der Waals surface area (Å²) in [6.45, 7) is 21.0. The normalized spacial score (nSPS) is 18.8. The van der Waals surface area contributed by atoms with Crippen LogP contribution in [0.2, 0.25) is 0 Å². The molecule has 0 fully saturated rings. The lowest BCUT2D eigenvalue weighted by molar-refractivity contribution is 0.00762. The van der Waals surface area contributed by atoms with Crippen LogP contribution in [-0.4, -0.2) is 20.1 Å². The monoisotopic (exact) mass is 561 g/mol. The van der Waals surface area contributed by atoms with Crippen molar-refractivity contribution in [3.63, 3.8) is 0 Å². The second-order valence-electron chi connectivity index (χ2n) is 15.1. The molecule has 1 N–H and O–H groups in total. The van der Waals surface area contributed by atoms with Gasteiger partial charge in [0.1, 0.15) is 22.5 Å². The molecule has 4 aromatic rings. The number of hydrogen-bond donors (Lipinski definition) is 1. The zero-order valence-corrected chi connectivity index (χ0v) is 26.9. The molecule has 1 heterocycles. The van der Waals surface area contributed by atoms with Gasteiger partial charge in [-0.1, -0.05) is 141 Å². The number of rotatable bonds is 7. The van der Waals surface area contributed by atoms with Gasteiger partial charge < -0.3 is 5.11 Å². The van der Waals surface area contributed by atoms with Gasteiger partial charge in [-0.15, -0.1) is 10.2 Å². The molecule has 1 aliphatic carbocycles. The summed E-state index contributed by atoms with van der Waals surface area (Å²) in [4.78, 5) is 1.71. The Balaban J connectivity index is 1.86. The largest absolute Gasteiger partial charge is 0.506 e. The van der Waals surface area contributed by atoms with Crippen LogP contribution in [0.25, 0.3) is 16.7 Å². The van der Waals surface area contributed by atoms with Crippen LogP contribution in [0.4, 0.5) is 0 Å². The van der Waals surface area contributed by atoms with Crippen LogP contribution in [0.3, 0.4) is 0 Å². The van der Waals surface area contributed by atoms with Gasteiger partial charge in [-0.3, -0.25) is 0 Å². The molecule has 0 spiro atoms. The first-order chi connectivity index (χ1) is 19.6. The van der Waals surface area contributed by atoms with Crippen LogP contribution in [0, 0.1) is 16.2 Å². The maximum Gasteiger partial charge on any atom is 0.142 e. The Hall–Kier alpha value is -3.66. The number of allylic oxidation sites excluding steroid dienone is 3. The Bertz CT molecular complexity index is 1600. The molecule has 1 unspecified atom stereocenters. The maximum absolute atomic E-state index is 12.3. The third-order valence-corrected chi connectivity index (χ3v) is 9.85. The molecule has 1 aliphatic rings. The van der Waals surface area contributed by atoms with Crippen LogP contribution < -0.4 is 0 Å². The highest BCUT2D eigenvalue weighted by atomic mass is 16.3. The van der Waals surface area contributed by atoms with Crippen LogP contribution >= 0.6 is 0 Å². The first kappa shape index (κ1) is 29.8. The molecule has 220 valence electrons. The molecule has 5 rings (SSSR count). The van der Waals surface area contributed by atoms with Gasteiger partial charge >= 0.3 is 0 Å². The van der Waals surface area contributed by atoms with E-state index in [0.29, 0.717) is 6.42 Å².